The van der Waals surface area contributed by atoms with E-state index in [1.54, 1.807) is 0 Å². The molecule has 1 unspecified atom stereocenters. The second-order valence-corrected chi connectivity index (χ2v) is 8.04. The molecule has 1 aliphatic carbocycles. The Bertz CT molecular complexity index is 452. The lowest BCUT2D eigenvalue weighted by Gasteiger charge is -2.23. The first-order chi connectivity index (χ1) is 11.2. The Kier molecular flexibility index (Phi) is 7.90. The summed E-state index contributed by atoms with van der Waals surface area (Å²) in [5, 5.41) is 10.3. The molecule has 1 heterocycles. The summed E-state index contributed by atoms with van der Waals surface area (Å²) in [5.74, 6) is 3.24. The number of thioether (sulfide) groups is 1. The van der Waals surface area contributed by atoms with Crippen LogP contribution in [0.1, 0.15) is 77.1 Å². The van der Waals surface area contributed by atoms with E-state index in [1.807, 2.05) is 11.8 Å². The molecule has 132 valence electrons. The van der Waals surface area contributed by atoms with Gasteiger partial charge in [-0.25, -0.2) is 0 Å². The fourth-order valence-electron chi connectivity index (χ4n) is 3.50. The Morgan fingerprint density at radius 3 is 2.52 bits per heavy atom. The number of hydrogen-bond acceptors (Lipinski definition) is 4. The highest BCUT2D eigenvalue weighted by Gasteiger charge is 2.22. The average Bonchev–Trinajstić information content (AvgIpc) is 2.95. The lowest BCUT2D eigenvalue weighted by atomic mass is 9.91. The summed E-state index contributed by atoms with van der Waals surface area (Å²) in [7, 11) is 4.28. The van der Waals surface area contributed by atoms with Crippen molar-refractivity contribution in [1.29, 1.82) is 0 Å². The van der Waals surface area contributed by atoms with Crippen LogP contribution in [0.15, 0.2) is 5.16 Å². The van der Waals surface area contributed by atoms with E-state index in [1.165, 1.54) is 50.7 Å². The normalized spacial score (nSPS) is 17.8. The van der Waals surface area contributed by atoms with Gasteiger partial charge < -0.3 is 4.57 Å². The van der Waals surface area contributed by atoms with Crippen molar-refractivity contribution in [3.63, 3.8) is 0 Å². The van der Waals surface area contributed by atoms with Crippen molar-refractivity contribution < 1.29 is 0 Å². The highest BCUT2D eigenvalue weighted by Crippen LogP contribution is 2.31. The van der Waals surface area contributed by atoms with Crippen molar-refractivity contribution >= 4 is 11.8 Å². The molecule has 1 fully saturated rings. The molecule has 5 heteroatoms. The van der Waals surface area contributed by atoms with Gasteiger partial charge in [0.1, 0.15) is 0 Å². The fourth-order valence-corrected chi connectivity index (χ4v) is 4.66. The van der Waals surface area contributed by atoms with E-state index >= 15 is 0 Å². The summed E-state index contributed by atoms with van der Waals surface area (Å²) in [4.78, 5) is 2.27. The Labute approximate surface area is 146 Å². The molecule has 0 bridgehead atoms. The van der Waals surface area contributed by atoms with E-state index in [4.69, 9.17) is 0 Å². The minimum absolute atomic E-state index is 0.364. The van der Waals surface area contributed by atoms with Gasteiger partial charge in [0.05, 0.1) is 6.04 Å². The molecule has 1 aromatic heterocycles. The topological polar surface area (TPSA) is 34.0 Å². The molecule has 1 atom stereocenters. The quantitative estimate of drug-likeness (QED) is 0.608. The predicted octanol–water partition coefficient (Wildman–Crippen LogP) is 4.76. The molecule has 0 aromatic carbocycles. The Hall–Kier alpha value is -0.550. The molecule has 0 spiro atoms. The van der Waals surface area contributed by atoms with Crippen LogP contribution < -0.4 is 0 Å². The third-order valence-electron chi connectivity index (χ3n) is 4.96. The van der Waals surface area contributed by atoms with E-state index in [0.29, 0.717) is 6.04 Å². The molecule has 2 rings (SSSR count). The first kappa shape index (κ1) is 18.8. The summed E-state index contributed by atoms with van der Waals surface area (Å²) in [6.45, 7) is 5.54. The van der Waals surface area contributed by atoms with Crippen LogP contribution in [0.2, 0.25) is 0 Å². The summed E-state index contributed by atoms with van der Waals surface area (Å²) in [6, 6.07) is 0.364. The first-order valence-electron chi connectivity index (χ1n) is 9.39. The van der Waals surface area contributed by atoms with Gasteiger partial charge in [0.2, 0.25) is 0 Å². The van der Waals surface area contributed by atoms with Crippen LogP contribution in [0, 0.1) is 5.92 Å². The van der Waals surface area contributed by atoms with Crippen molar-refractivity contribution in [1.82, 2.24) is 19.7 Å². The van der Waals surface area contributed by atoms with Gasteiger partial charge in [0.15, 0.2) is 11.0 Å². The van der Waals surface area contributed by atoms with Gasteiger partial charge in [-0.05, 0) is 45.7 Å². The van der Waals surface area contributed by atoms with Crippen LogP contribution in [0.4, 0.5) is 0 Å². The van der Waals surface area contributed by atoms with Gasteiger partial charge in [-0.3, -0.25) is 4.90 Å². The van der Waals surface area contributed by atoms with E-state index in [2.05, 4.69) is 47.6 Å². The van der Waals surface area contributed by atoms with Crippen LogP contribution in [0.25, 0.3) is 0 Å². The van der Waals surface area contributed by atoms with Gasteiger partial charge in [-0.15, -0.1) is 10.2 Å². The Morgan fingerprint density at radius 1 is 1.17 bits per heavy atom. The smallest absolute Gasteiger partial charge is 0.191 e. The van der Waals surface area contributed by atoms with Crippen molar-refractivity contribution in [2.45, 2.75) is 83.0 Å². The second-order valence-electron chi connectivity index (χ2n) is 7.05. The van der Waals surface area contributed by atoms with Crippen LogP contribution in [0.3, 0.4) is 0 Å². The zero-order chi connectivity index (χ0) is 16.7. The van der Waals surface area contributed by atoms with Gasteiger partial charge >= 0.3 is 0 Å². The lowest BCUT2D eigenvalue weighted by molar-refractivity contribution is 0.270. The summed E-state index contributed by atoms with van der Waals surface area (Å²) in [6.07, 6.45) is 10.5. The standard InChI is InChI=1S/C18H34N4S/c1-5-7-13-22-17(16(6-2)21(3)4)19-20-18(22)23-14-15-11-9-8-10-12-15/h15-16H,5-14H2,1-4H3. The Morgan fingerprint density at radius 2 is 1.91 bits per heavy atom. The maximum absolute atomic E-state index is 4.58. The molecule has 0 N–H and O–H groups in total. The fraction of sp³-hybridized carbons (Fsp3) is 0.889. The number of aromatic nitrogens is 3. The van der Waals surface area contributed by atoms with Crippen LogP contribution in [-0.2, 0) is 6.54 Å². The highest BCUT2D eigenvalue weighted by atomic mass is 32.2. The summed E-state index contributed by atoms with van der Waals surface area (Å²) < 4.78 is 2.39. The lowest BCUT2D eigenvalue weighted by Crippen LogP contribution is -2.23. The molecule has 0 radical (unpaired) electrons. The number of unbranched alkanes of at least 4 members (excludes halogenated alkanes) is 1. The van der Waals surface area contributed by atoms with Crippen molar-refractivity contribution in [2.24, 2.45) is 5.92 Å². The van der Waals surface area contributed by atoms with Gasteiger partial charge in [0, 0.05) is 12.3 Å². The molecular formula is C18H34N4S. The first-order valence-corrected chi connectivity index (χ1v) is 10.4. The number of hydrogen-bond donors (Lipinski definition) is 0. The zero-order valence-electron chi connectivity index (χ0n) is 15.4. The number of rotatable bonds is 9. The monoisotopic (exact) mass is 338 g/mol. The SMILES string of the molecule is CCCCn1c(SCC2CCCCC2)nnc1C(CC)N(C)C. The minimum Gasteiger partial charge on any atom is -0.305 e. The molecular weight excluding hydrogens is 304 g/mol. The van der Waals surface area contributed by atoms with Gasteiger partial charge in [-0.1, -0.05) is 51.3 Å². The van der Waals surface area contributed by atoms with Crippen molar-refractivity contribution in [2.75, 3.05) is 19.8 Å². The minimum atomic E-state index is 0.364. The molecule has 0 amide bonds. The van der Waals surface area contributed by atoms with Crippen LogP contribution in [-0.4, -0.2) is 39.5 Å². The molecule has 1 saturated carbocycles. The van der Waals surface area contributed by atoms with Crippen LogP contribution in [0.5, 0.6) is 0 Å². The largest absolute Gasteiger partial charge is 0.305 e. The second kappa shape index (κ2) is 9.67. The number of nitrogens with zero attached hydrogens (tertiary/aromatic N) is 4. The maximum Gasteiger partial charge on any atom is 0.191 e. The van der Waals surface area contributed by atoms with E-state index in [-0.39, 0.29) is 0 Å². The van der Waals surface area contributed by atoms with Crippen molar-refractivity contribution in [3.05, 3.63) is 5.82 Å². The maximum atomic E-state index is 4.58. The third-order valence-corrected chi connectivity index (χ3v) is 6.16. The molecule has 4 nitrogen and oxygen atoms in total. The molecule has 0 aliphatic heterocycles. The summed E-state index contributed by atoms with van der Waals surface area (Å²) >= 11 is 1.94. The average molecular weight is 339 g/mol. The predicted molar refractivity (Wildman–Crippen MR) is 98.9 cm³/mol. The highest BCUT2D eigenvalue weighted by molar-refractivity contribution is 7.99. The van der Waals surface area contributed by atoms with E-state index in [0.717, 1.165) is 29.9 Å². The van der Waals surface area contributed by atoms with Gasteiger partial charge in [0.25, 0.3) is 0 Å². The molecule has 1 aromatic rings. The molecule has 23 heavy (non-hydrogen) atoms. The molecule has 1 aliphatic rings. The third kappa shape index (κ3) is 5.21. The van der Waals surface area contributed by atoms with Crippen molar-refractivity contribution in [3.8, 4) is 0 Å². The van der Waals surface area contributed by atoms with Gasteiger partial charge in [-0.2, -0.15) is 0 Å². The van der Waals surface area contributed by atoms with E-state index in [9.17, 15) is 0 Å². The van der Waals surface area contributed by atoms with E-state index < -0.39 is 0 Å². The Balaban J connectivity index is 2.09. The molecule has 0 saturated heterocycles. The van der Waals surface area contributed by atoms with Crippen LogP contribution >= 0.6 is 11.8 Å². The zero-order valence-corrected chi connectivity index (χ0v) is 16.2. The summed E-state index contributed by atoms with van der Waals surface area (Å²) in [5.41, 5.74) is 0.